The van der Waals surface area contributed by atoms with Crippen molar-refractivity contribution in [1.29, 1.82) is 0 Å². The van der Waals surface area contributed by atoms with Gasteiger partial charge in [0, 0.05) is 6.42 Å². The number of Topliss-reactive ketones (excluding diaryl/α,β-unsaturated/α-hetero) is 1. The van der Waals surface area contributed by atoms with E-state index < -0.39 is 6.17 Å². The van der Waals surface area contributed by atoms with Gasteiger partial charge in [0.05, 0.1) is 0 Å². The van der Waals surface area contributed by atoms with Gasteiger partial charge in [-0.2, -0.15) is 0 Å². The second-order valence-corrected chi connectivity index (χ2v) is 4.55. The van der Waals surface area contributed by atoms with Gasteiger partial charge in [0.25, 0.3) is 0 Å². The maximum Gasteiger partial charge on any atom is 0.166 e. The first-order valence-electron chi connectivity index (χ1n) is 6.89. The van der Waals surface area contributed by atoms with Crippen LogP contribution in [-0.4, -0.2) is 12.0 Å². The predicted octanol–water partition coefficient (Wildman–Crippen LogP) is 4.83. The highest BCUT2D eigenvalue weighted by Gasteiger charge is 2.13. The van der Waals surface area contributed by atoms with Crippen molar-refractivity contribution < 1.29 is 9.18 Å². The predicted molar refractivity (Wildman–Crippen MR) is 67.4 cm³/mol. The van der Waals surface area contributed by atoms with E-state index >= 15 is 0 Å². The Morgan fingerprint density at radius 1 is 0.938 bits per heavy atom. The van der Waals surface area contributed by atoms with Gasteiger partial charge < -0.3 is 0 Å². The molecule has 1 atom stereocenters. The summed E-state index contributed by atoms with van der Waals surface area (Å²) in [5.74, 6) is -0.233. The number of alkyl halides is 1. The zero-order valence-electron chi connectivity index (χ0n) is 10.9. The van der Waals surface area contributed by atoms with Gasteiger partial charge in [-0.15, -0.1) is 0 Å². The Morgan fingerprint density at radius 2 is 1.44 bits per heavy atom. The third-order valence-electron chi connectivity index (χ3n) is 3.01. The number of halogens is 1. The molecule has 0 fully saturated rings. The molecule has 1 unspecified atom stereocenters. The number of carbonyl (C=O) groups is 1. The van der Waals surface area contributed by atoms with Gasteiger partial charge in [0.1, 0.15) is 0 Å². The summed E-state index contributed by atoms with van der Waals surface area (Å²) in [6, 6.07) is 0. The Kier molecular flexibility index (Phi) is 10.8. The molecule has 0 aromatic rings. The Labute approximate surface area is 99.8 Å². The molecule has 0 radical (unpaired) electrons. The minimum Gasteiger partial charge on any atom is -0.296 e. The molecule has 0 aromatic carbocycles. The maximum absolute atomic E-state index is 13.1. The van der Waals surface area contributed by atoms with Crippen molar-refractivity contribution in [3.63, 3.8) is 0 Å². The summed E-state index contributed by atoms with van der Waals surface area (Å²) >= 11 is 0. The van der Waals surface area contributed by atoms with Crippen molar-refractivity contribution in [3.8, 4) is 0 Å². The van der Waals surface area contributed by atoms with Crippen LogP contribution in [0.25, 0.3) is 0 Å². The van der Waals surface area contributed by atoms with E-state index in [4.69, 9.17) is 0 Å². The largest absolute Gasteiger partial charge is 0.296 e. The molecular formula is C14H27FO. The van der Waals surface area contributed by atoms with Gasteiger partial charge in [-0.05, 0) is 6.42 Å². The number of ketones is 1. The Morgan fingerprint density at radius 3 is 1.94 bits per heavy atom. The van der Waals surface area contributed by atoms with Gasteiger partial charge in [0.15, 0.2) is 12.0 Å². The van der Waals surface area contributed by atoms with Crippen molar-refractivity contribution in [2.45, 2.75) is 84.2 Å². The number of carbonyl (C=O) groups excluding carboxylic acids is 1. The van der Waals surface area contributed by atoms with Crippen LogP contribution in [0.2, 0.25) is 0 Å². The third kappa shape index (κ3) is 8.87. The number of unbranched alkanes of at least 4 members (excludes halogenated alkanes) is 7. The van der Waals surface area contributed by atoms with E-state index in [9.17, 15) is 9.18 Å². The van der Waals surface area contributed by atoms with E-state index in [0.717, 1.165) is 12.8 Å². The summed E-state index contributed by atoms with van der Waals surface area (Å²) in [6.45, 7) is 3.94. The van der Waals surface area contributed by atoms with Crippen molar-refractivity contribution in [2.24, 2.45) is 0 Å². The fourth-order valence-corrected chi connectivity index (χ4v) is 1.84. The first-order chi connectivity index (χ1) is 7.72. The average molecular weight is 230 g/mol. The normalized spacial score (nSPS) is 12.7. The van der Waals surface area contributed by atoms with Gasteiger partial charge in [0.2, 0.25) is 0 Å². The zero-order chi connectivity index (χ0) is 12.2. The highest BCUT2D eigenvalue weighted by atomic mass is 19.1. The molecule has 0 rings (SSSR count). The van der Waals surface area contributed by atoms with Crippen LogP contribution in [0.4, 0.5) is 4.39 Å². The lowest BCUT2D eigenvalue weighted by atomic mass is 10.0. The van der Waals surface area contributed by atoms with Crippen LogP contribution in [0.15, 0.2) is 0 Å². The molecule has 0 aliphatic heterocycles. The fraction of sp³-hybridized carbons (Fsp3) is 0.929. The summed E-state index contributed by atoms with van der Waals surface area (Å²) in [6.07, 6.45) is 9.20. The molecule has 16 heavy (non-hydrogen) atoms. The van der Waals surface area contributed by atoms with Crippen LogP contribution in [0, 0.1) is 0 Å². The molecule has 0 aliphatic rings. The van der Waals surface area contributed by atoms with Gasteiger partial charge in [-0.3, -0.25) is 4.79 Å². The minimum absolute atomic E-state index is 0.233. The second kappa shape index (κ2) is 11.1. The lowest BCUT2D eigenvalue weighted by molar-refractivity contribution is -0.123. The molecular weight excluding hydrogens is 203 g/mol. The second-order valence-electron chi connectivity index (χ2n) is 4.55. The summed E-state index contributed by atoms with van der Waals surface area (Å²) < 4.78 is 13.1. The fourth-order valence-electron chi connectivity index (χ4n) is 1.84. The van der Waals surface area contributed by atoms with Gasteiger partial charge >= 0.3 is 0 Å². The Hall–Kier alpha value is -0.400. The summed E-state index contributed by atoms with van der Waals surface area (Å²) in [5.41, 5.74) is 0. The zero-order valence-corrected chi connectivity index (χ0v) is 10.9. The van der Waals surface area contributed by atoms with E-state index in [1.165, 1.54) is 38.5 Å². The Balaban J connectivity index is 3.17. The Bertz CT molecular complexity index is 168. The van der Waals surface area contributed by atoms with Gasteiger partial charge in [-0.1, -0.05) is 65.2 Å². The molecule has 0 aromatic heterocycles. The van der Waals surface area contributed by atoms with E-state index in [2.05, 4.69) is 6.92 Å². The van der Waals surface area contributed by atoms with E-state index in [1.54, 1.807) is 6.92 Å². The van der Waals surface area contributed by atoms with Crippen LogP contribution in [-0.2, 0) is 4.79 Å². The highest BCUT2D eigenvalue weighted by Crippen LogP contribution is 2.12. The molecule has 0 saturated carbocycles. The van der Waals surface area contributed by atoms with Crippen molar-refractivity contribution >= 4 is 5.78 Å². The first-order valence-corrected chi connectivity index (χ1v) is 6.89. The molecule has 0 bridgehead atoms. The SMILES string of the molecule is CCCCCCCCCCC(F)C(=O)CC. The smallest absolute Gasteiger partial charge is 0.166 e. The van der Waals surface area contributed by atoms with Gasteiger partial charge in [-0.25, -0.2) is 4.39 Å². The molecule has 0 saturated heterocycles. The molecule has 1 nitrogen and oxygen atoms in total. The molecule has 0 N–H and O–H groups in total. The highest BCUT2D eigenvalue weighted by molar-refractivity contribution is 5.82. The third-order valence-corrected chi connectivity index (χ3v) is 3.01. The first kappa shape index (κ1) is 15.6. The molecule has 96 valence electrons. The van der Waals surface area contributed by atoms with Crippen molar-refractivity contribution in [1.82, 2.24) is 0 Å². The molecule has 2 heteroatoms. The average Bonchev–Trinajstić information content (AvgIpc) is 2.31. The monoisotopic (exact) mass is 230 g/mol. The van der Waals surface area contributed by atoms with Crippen LogP contribution < -0.4 is 0 Å². The van der Waals surface area contributed by atoms with E-state index in [1.807, 2.05) is 0 Å². The standard InChI is InChI=1S/C14H27FO/c1-3-5-6-7-8-9-10-11-12-13(15)14(16)4-2/h13H,3-12H2,1-2H3. The summed E-state index contributed by atoms with van der Waals surface area (Å²) in [4.78, 5) is 11.0. The van der Waals surface area contributed by atoms with Crippen LogP contribution in [0.1, 0.15) is 78.1 Å². The number of hydrogen-bond donors (Lipinski definition) is 0. The minimum atomic E-state index is -1.20. The van der Waals surface area contributed by atoms with Crippen molar-refractivity contribution in [2.75, 3.05) is 0 Å². The van der Waals surface area contributed by atoms with Crippen LogP contribution in [0.5, 0.6) is 0 Å². The summed E-state index contributed by atoms with van der Waals surface area (Å²) in [7, 11) is 0. The number of hydrogen-bond acceptors (Lipinski definition) is 1. The van der Waals surface area contributed by atoms with Crippen LogP contribution >= 0.6 is 0 Å². The molecule has 0 amide bonds. The number of rotatable bonds is 11. The lowest BCUT2D eigenvalue weighted by Crippen LogP contribution is -2.13. The van der Waals surface area contributed by atoms with E-state index in [-0.39, 0.29) is 5.78 Å². The topological polar surface area (TPSA) is 17.1 Å². The maximum atomic E-state index is 13.1. The lowest BCUT2D eigenvalue weighted by Gasteiger charge is -2.05. The summed E-state index contributed by atoms with van der Waals surface area (Å²) in [5, 5.41) is 0. The van der Waals surface area contributed by atoms with E-state index in [0.29, 0.717) is 12.8 Å². The molecule has 0 spiro atoms. The quantitative estimate of drug-likeness (QED) is 0.464. The van der Waals surface area contributed by atoms with Crippen LogP contribution in [0.3, 0.4) is 0 Å². The molecule has 0 aliphatic carbocycles. The molecule has 0 heterocycles. The van der Waals surface area contributed by atoms with Crippen molar-refractivity contribution in [3.05, 3.63) is 0 Å².